The molecule has 0 N–H and O–H groups in total. The molecule has 0 bridgehead atoms. The Bertz CT molecular complexity index is 1190. The number of allylic oxidation sites excluding steroid dienone is 1. The molecular weight excluding hydrogens is 378 g/mol. The van der Waals surface area contributed by atoms with Crippen LogP contribution in [-0.2, 0) is 13.7 Å². The van der Waals surface area contributed by atoms with Crippen LogP contribution in [0.4, 0.5) is 0 Å². The first kappa shape index (κ1) is 19.5. The number of para-hydroxylation sites is 2. The summed E-state index contributed by atoms with van der Waals surface area (Å²) in [6, 6.07) is 18.8. The fourth-order valence-electron chi connectivity index (χ4n) is 3.29. The molecule has 152 valence electrons. The minimum Gasteiger partial charge on any atom is -0.486 e. The van der Waals surface area contributed by atoms with Gasteiger partial charge in [-0.3, -0.25) is 4.79 Å². The lowest BCUT2D eigenvalue weighted by Gasteiger charge is -2.14. The Morgan fingerprint density at radius 2 is 1.90 bits per heavy atom. The van der Waals surface area contributed by atoms with E-state index in [1.807, 2.05) is 54.9 Å². The Balaban J connectivity index is 1.41. The Morgan fingerprint density at radius 1 is 1.13 bits per heavy atom. The first-order chi connectivity index (χ1) is 14.5. The van der Waals surface area contributed by atoms with Crippen molar-refractivity contribution in [3.63, 3.8) is 0 Å². The zero-order valence-electron chi connectivity index (χ0n) is 17.2. The van der Waals surface area contributed by atoms with Crippen molar-refractivity contribution in [2.24, 2.45) is 7.05 Å². The maximum Gasteiger partial charge on any atom is 0.257 e. The monoisotopic (exact) mass is 401 g/mol. The second-order valence-electron chi connectivity index (χ2n) is 7.09. The third kappa shape index (κ3) is 3.98. The predicted molar refractivity (Wildman–Crippen MR) is 116 cm³/mol. The molecular formula is C24H23N3O3. The van der Waals surface area contributed by atoms with Crippen LogP contribution in [0.15, 0.2) is 77.5 Å². The number of furan rings is 1. The van der Waals surface area contributed by atoms with E-state index in [0.29, 0.717) is 17.9 Å². The van der Waals surface area contributed by atoms with E-state index in [4.69, 9.17) is 9.15 Å². The van der Waals surface area contributed by atoms with Gasteiger partial charge in [0.2, 0.25) is 0 Å². The highest BCUT2D eigenvalue weighted by Gasteiger charge is 2.12. The summed E-state index contributed by atoms with van der Waals surface area (Å²) in [7, 11) is 3.70. The number of aromatic nitrogens is 2. The quantitative estimate of drug-likeness (QED) is 0.462. The Morgan fingerprint density at radius 3 is 2.60 bits per heavy atom. The van der Waals surface area contributed by atoms with E-state index in [0.717, 1.165) is 28.2 Å². The van der Waals surface area contributed by atoms with Crippen molar-refractivity contribution in [3.8, 4) is 5.75 Å². The second-order valence-corrected chi connectivity index (χ2v) is 7.09. The normalized spacial score (nSPS) is 11.6. The van der Waals surface area contributed by atoms with Crippen molar-refractivity contribution in [2.45, 2.75) is 13.5 Å². The molecule has 0 aliphatic carbocycles. The van der Waals surface area contributed by atoms with Gasteiger partial charge in [-0.05, 0) is 55.5 Å². The van der Waals surface area contributed by atoms with Crippen LogP contribution >= 0.6 is 0 Å². The summed E-state index contributed by atoms with van der Waals surface area (Å²) < 4.78 is 13.3. The topological polar surface area (TPSA) is 60.5 Å². The lowest BCUT2D eigenvalue weighted by atomic mass is 10.2. The highest BCUT2D eigenvalue weighted by molar-refractivity contribution is 5.95. The van der Waals surface area contributed by atoms with Crippen LogP contribution in [-0.4, -0.2) is 27.4 Å². The molecule has 0 fully saturated rings. The molecule has 0 unspecified atom stereocenters. The zero-order valence-corrected chi connectivity index (χ0v) is 17.2. The van der Waals surface area contributed by atoms with E-state index in [9.17, 15) is 4.79 Å². The molecule has 0 saturated heterocycles. The maximum atomic E-state index is 12.7. The smallest absolute Gasteiger partial charge is 0.257 e. The summed E-state index contributed by atoms with van der Waals surface area (Å²) in [5, 5.41) is 0. The first-order valence-corrected chi connectivity index (χ1v) is 9.65. The third-order valence-corrected chi connectivity index (χ3v) is 4.97. The van der Waals surface area contributed by atoms with Gasteiger partial charge in [0.1, 0.15) is 23.9 Å². The number of imidazole rings is 1. The molecule has 4 aromatic rings. The summed E-state index contributed by atoms with van der Waals surface area (Å²) >= 11 is 0. The van der Waals surface area contributed by atoms with Crippen LogP contribution in [0, 0.1) is 0 Å². The average Bonchev–Trinajstić information content (AvgIpc) is 3.41. The summed E-state index contributed by atoms with van der Waals surface area (Å²) in [5.41, 5.74) is 3.47. The molecule has 0 spiro atoms. The van der Waals surface area contributed by atoms with Crippen LogP contribution in [0.1, 0.15) is 28.9 Å². The Labute approximate surface area is 175 Å². The van der Waals surface area contributed by atoms with Gasteiger partial charge in [0, 0.05) is 31.4 Å². The number of rotatable bonds is 6. The fourth-order valence-corrected chi connectivity index (χ4v) is 3.29. The van der Waals surface area contributed by atoms with Crippen LogP contribution < -0.4 is 4.74 Å². The number of fused-ring (bicyclic) bond motifs is 1. The Hall–Kier alpha value is -3.80. The van der Waals surface area contributed by atoms with E-state index in [1.165, 1.54) is 0 Å². The van der Waals surface area contributed by atoms with Crippen LogP contribution in [0.3, 0.4) is 0 Å². The molecule has 0 radical (unpaired) electrons. The van der Waals surface area contributed by atoms with Gasteiger partial charge in [-0.25, -0.2) is 4.98 Å². The largest absolute Gasteiger partial charge is 0.486 e. The van der Waals surface area contributed by atoms with E-state index in [2.05, 4.69) is 4.98 Å². The van der Waals surface area contributed by atoms with Crippen molar-refractivity contribution < 1.29 is 13.9 Å². The predicted octanol–water partition coefficient (Wildman–Crippen LogP) is 4.88. The van der Waals surface area contributed by atoms with Crippen molar-refractivity contribution >= 4 is 22.5 Å². The van der Waals surface area contributed by atoms with Gasteiger partial charge < -0.3 is 18.6 Å². The Kier molecular flexibility index (Phi) is 5.39. The second kappa shape index (κ2) is 8.29. The van der Waals surface area contributed by atoms with Crippen molar-refractivity contribution in [1.82, 2.24) is 14.5 Å². The van der Waals surface area contributed by atoms with Crippen LogP contribution in [0.2, 0.25) is 0 Å². The number of hydrogen-bond donors (Lipinski definition) is 0. The number of carbonyl (C=O) groups is 1. The van der Waals surface area contributed by atoms with Gasteiger partial charge in [-0.15, -0.1) is 0 Å². The van der Waals surface area contributed by atoms with Gasteiger partial charge >= 0.3 is 0 Å². The van der Waals surface area contributed by atoms with E-state index < -0.39 is 0 Å². The number of amides is 1. The standard InChI is InChI=1S/C24H23N3O3/c1-17(22-9-6-14-29-22)15-26(2)24(28)18-10-12-19(13-11-18)30-16-23-25-20-7-4-5-8-21(20)27(23)3/h4-15H,16H2,1-3H3. The number of ether oxygens (including phenoxy) is 1. The first-order valence-electron chi connectivity index (χ1n) is 9.65. The molecule has 0 saturated carbocycles. The molecule has 6 nitrogen and oxygen atoms in total. The number of carbonyl (C=O) groups excluding carboxylic acids is 1. The molecule has 2 aromatic carbocycles. The molecule has 0 aliphatic rings. The highest BCUT2D eigenvalue weighted by Crippen LogP contribution is 2.19. The molecule has 0 atom stereocenters. The summed E-state index contributed by atoms with van der Waals surface area (Å²) in [6.45, 7) is 2.25. The number of aryl methyl sites for hydroxylation is 1. The molecule has 30 heavy (non-hydrogen) atoms. The SMILES string of the molecule is CC(=CN(C)C(=O)c1ccc(OCc2nc3ccccc3n2C)cc1)c1ccco1. The van der Waals surface area contributed by atoms with Crippen molar-refractivity contribution in [3.05, 3.63) is 90.3 Å². The molecule has 0 aliphatic heterocycles. The van der Waals surface area contributed by atoms with E-state index >= 15 is 0 Å². The molecule has 6 heteroatoms. The minimum absolute atomic E-state index is 0.109. The molecule has 2 heterocycles. The third-order valence-electron chi connectivity index (χ3n) is 4.97. The lowest BCUT2D eigenvalue weighted by molar-refractivity contribution is 0.0850. The maximum absolute atomic E-state index is 12.7. The summed E-state index contributed by atoms with van der Waals surface area (Å²) in [6.07, 6.45) is 3.37. The lowest BCUT2D eigenvalue weighted by Crippen LogP contribution is -2.21. The number of benzene rings is 2. The summed E-state index contributed by atoms with van der Waals surface area (Å²) in [5.74, 6) is 2.15. The fraction of sp³-hybridized carbons (Fsp3) is 0.167. The molecule has 2 aromatic heterocycles. The molecule has 4 rings (SSSR count). The van der Waals surface area contributed by atoms with Gasteiger partial charge in [0.25, 0.3) is 5.91 Å². The van der Waals surface area contributed by atoms with Gasteiger partial charge in [0.15, 0.2) is 0 Å². The zero-order chi connectivity index (χ0) is 21.1. The number of hydrogen-bond acceptors (Lipinski definition) is 4. The van der Waals surface area contributed by atoms with Crippen LogP contribution in [0.25, 0.3) is 16.6 Å². The average molecular weight is 401 g/mol. The van der Waals surface area contributed by atoms with Crippen molar-refractivity contribution in [2.75, 3.05) is 7.05 Å². The molecule has 1 amide bonds. The van der Waals surface area contributed by atoms with Crippen LogP contribution in [0.5, 0.6) is 5.75 Å². The van der Waals surface area contributed by atoms with Crippen molar-refractivity contribution in [1.29, 1.82) is 0 Å². The van der Waals surface area contributed by atoms with E-state index in [1.54, 1.807) is 48.7 Å². The highest BCUT2D eigenvalue weighted by atomic mass is 16.5. The number of nitrogens with zero attached hydrogens (tertiary/aromatic N) is 3. The summed E-state index contributed by atoms with van der Waals surface area (Å²) in [4.78, 5) is 18.8. The van der Waals surface area contributed by atoms with Gasteiger partial charge in [0.05, 0.1) is 17.3 Å². The van der Waals surface area contributed by atoms with Gasteiger partial charge in [-0.1, -0.05) is 12.1 Å². The van der Waals surface area contributed by atoms with Gasteiger partial charge in [-0.2, -0.15) is 0 Å². The van der Waals surface area contributed by atoms with E-state index in [-0.39, 0.29) is 5.91 Å². The minimum atomic E-state index is -0.109.